The molecule has 5 heteroatoms. The fourth-order valence-corrected chi connectivity index (χ4v) is 2.02. The van der Waals surface area contributed by atoms with Gasteiger partial charge in [0.05, 0.1) is 24.4 Å². The summed E-state index contributed by atoms with van der Waals surface area (Å²) in [5.74, 6) is 0. The van der Waals surface area contributed by atoms with Crippen LogP contribution in [0.2, 0.25) is 0 Å². The lowest BCUT2D eigenvalue weighted by molar-refractivity contribution is 0.281. The van der Waals surface area contributed by atoms with Crippen molar-refractivity contribution in [3.63, 3.8) is 0 Å². The zero-order valence-corrected chi connectivity index (χ0v) is 9.56. The first kappa shape index (κ1) is 11.8. The number of anilines is 2. The van der Waals surface area contributed by atoms with Gasteiger partial charge in [0, 0.05) is 30.4 Å². The zero-order valence-electron chi connectivity index (χ0n) is 9.56. The van der Waals surface area contributed by atoms with E-state index in [-0.39, 0.29) is 13.2 Å². The van der Waals surface area contributed by atoms with Crippen LogP contribution < -0.4 is 10.6 Å². The Labute approximate surface area is 99.5 Å². The number of aliphatic hydroxyl groups excluding tert-OH is 2. The van der Waals surface area contributed by atoms with E-state index in [2.05, 4.69) is 4.98 Å². The molecule has 0 aliphatic heterocycles. The van der Waals surface area contributed by atoms with Crippen LogP contribution in [0.5, 0.6) is 0 Å². The summed E-state index contributed by atoms with van der Waals surface area (Å²) in [4.78, 5) is 5.07. The summed E-state index contributed by atoms with van der Waals surface area (Å²) in [6.07, 6.45) is 1.83. The van der Waals surface area contributed by atoms with Crippen molar-refractivity contribution < 1.29 is 10.2 Å². The molecule has 2 aromatic rings. The molecule has 0 unspecified atom stereocenters. The third kappa shape index (κ3) is 2.20. The quantitative estimate of drug-likeness (QED) is 0.570. The molecular formula is C12H17N3O2. The fraction of sp³-hybridized carbons (Fsp3) is 0.333. The monoisotopic (exact) mass is 235 g/mol. The lowest BCUT2D eigenvalue weighted by Gasteiger charge is -2.23. The number of aliphatic hydroxyl groups is 2. The number of hydrogen-bond donors (Lipinski definition) is 4. The Kier molecular flexibility index (Phi) is 3.51. The van der Waals surface area contributed by atoms with Gasteiger partial charge in [-0.25, -0.2) is 0 Å². The average Bonchev–Trinajstić information content (AvgIpc) is 2.79. The SMILES string of the molecule is Nc1ccc(N(CCO)CCO)c2[nH]ccc12. The predicted molar refractivity (Wildman–Crippen MR) is 69.1 cm³/mol. The van der Waals surface area contributed by atoms with Gasteiger partial charge in [-0.1, -0.05) is 0 Å². The molecule has 0 amide bonds. The molecule has 0 spiro atoms. The van der Waals surface area contributed by atoms with E-state index < -0.39 is 0 Å². The minimum Gasteiger partial charge on any atom is -0.398 e. The van der Waals surface area contributed by atoms with E-state index in [9.17, 15) is 0 Å². The van der Waals surface area contributed by atoms with Gasteiger partial charge in [-0.3, -0.25) is 0 Å². The summed E-state index contributed by atoms with van der Waals surface area (Å²) in [7, 11) is 0. The van der Waals surface area contributed by atoms with Gasteiger partial charge in [0.15, 0.2) is 0 Å². The van der Waals surface area contributed by atoms with Crippen molar-refractivity contribution in [2.75, 3.05) is 36.9 Å². The van der Waals surface area contributed by atoms with Gasteiger partial charge in [0.1, 0.15) is 0 Å². The first-order valence-electron chi connectivity index (χ1n) is 5.60. The Morgan fingerprint density at radius 1 is 1.12 bits per heavy atom. The molecule has 0 bridgehead atoms. The number of rotatable bonds is 5. The summed E-state index contributed by atoms with van der Waals surface area (Å²) < 4.78 is 0. The molecule has 1 heterocycles. The summed E-state index contributed by atoms with van der Waals surface area (Å²) >= 11 is 0. The lowest BCUT2D eigenvalue weighted by Crippen LogP contribution is -2.29. The van der Waals surface area contributed by atoms with Gasteiger partial charge in [0.25, 0.3) is 0 Å². The minimum atomic E-state index is 0.0482. The van der Waals surface area contributed by atoms with Crippen LogP contribution in [0.25, 0.3) is 10.9 Å². The van der Waals surface area contributed by atoms with Gasteiger partial charge < -0.3 is 25.8 Å². The van der Waals surface area contributed by atoms with Crippen molar-refractivity contribution >= 4 is 22.3 Å². The van der Waals surface area contributed by atoms with Gasteiger partial charge in [-0.15, -0.1) is 0 Å². The predicted octanol–water partition coefficient (Wildman–Crippen LogP) is 0.541. The van der Waals surface area contributed by atoms with Crippen LogP contribution in [-0.4, -0.2) is 41.5 Å². The lowest BCUT2D eigenvalue weighted by atomic mass is 10.1. The van der Waals surface area contributed by atoms with Crippen LogP contribution in [0.15, 0.2) is 24.4 Å². The van der Waals surface area contributed by atoms with Crippen LogP contribution in [0.1, 0.15) is 0 Å². The van der Waals surface area contributed by atoms with Gasteiger partial charge in [-0.05, 0) is 18.2 Å². The number of nitrogens with two attached hydrogens (primary N) is 1. The summed E-state index contributed by atoms with van der Waals surface area (Å²) in [6.45, 7) is 1.07. The maximum absolute atomic E-state index is 9.04. The molecule has 92 valence electrons. The Morgan fingerprint density at radius 2 is 1.82 bits per heavy atom. The van der Waals surface area contributed by atoms with E-state index in [4.69, 9.17) is 15.9 Å². The largest absolute Gasteiger partial charge is 0.398 e. The maximum Gasteiger partial charge on any atom is 0.0712 e. The Hall–Kier alpha value is -1.72. The van der Waals surface area contributed by atoms with Crippen LogP contribution in [-0.2, 0) is 0 Å². The highest BCUT2D eigenvalue weighted by Gasteiger charge is 2.11. The van der Waals surface area contributed by atoms with E-state index in [0.29, 0.717) is 13.1 Å². The van der Waals surface area contributed by atoms with Crippen molar-refractivity contribution in [2.45, 2.75) is 0 Å². The smallest absolute Gasteiger partial charge is 0.0712 e. The van der Waals surface area contributed by atoms with E-state index in [1.165, 1.54) is 0 Å². The molecule has 17 heavy (non-hydrogen) atoms. The van der Waals surface area contributed by atoms with Crippen LogP contribution in [0, 0.1) is 0 Å². The topological polar surface area (TPSA) is 85.5 Å². The molecule has 1 aromatic carbocycles. The highest BCUT2D eigenvalue weighted by molar-refractivity contribution is 5.99. The molecule has 5 nitrogen and oxygen atoms in total. The normalized spacial score (nSPS) is 10.9. The Bertz CT molecular complexity index is 489. The van der Waals surface area contributed by atoms with Crippen LogP contribution in [0.4, 0.5) is 11.4 Å². The standard InChI is InChI=1S/C12H17N3O2/c13-10-1-2-11(12-9(10)3-4-14-12)15(5-7-16)6-8-17/h1-4,14,16-17H,5-8,13H2. The minimum absolute atomic E-state index is 0.0482. The third-order valence-electron chi connectivity index (χ3n) is 2.82. The number of benzene rings is 1. The number of aromatic amines is 1. The van der Waals surface area contributed by atoms with Gasteiger partial charge >= 0.3 is 0 Å². The molecule has 0 radical (unpaired) electrons. The molecule has 0 atom stereocenters. The van der Waals surface area contributed by atoms with E-state index >= 15 is 0 Å². The van der Waals surface area contributed by atoms with Crippen molar-refractivity contribution in [1.82, 2.24) is 4.98 Å². The first-order valence-corrected chi connectivity index (χ1v) is 5.60. The summed E-state index contributed by atoms with van der Waals surface area (Å²) in [5.41, 5.74) is 8.48. The second-order valence-corrected chi connectivity index (χ2v) is 3.87. The van der Waals surface area contributed by atoms with E-state index in [1.807, 2.05) is 29.3 Å². The summed E-state index contributed by atoms with van der Waals surface area (Å²) in [6, 6.07) is 5.66. The maximum atomic E-state index is 9.04. The van der Waals surface area contributed by atoms with Crippen LogP contribution in [0.3, 0.4) is 0 Å². The zero-order chi connectivity index (χ0) is 12.3. The molecule has 1 aromatic heterocycles. The summed E-state index contributed by atoms with van der Waals surface area (Å²) in [5, 5.41) is 19.0. The van der Waals surface area contributed by atoms with Gasteiger partial charge in [-0.2, -0.15) is 0 Å². The number of fused-ring (bicyclic) bond motifs is 1. The fourth-order valence-electron chi connectivity index (χ4n) is 2.02. The highest BCUT2D eigenvalue weighted by Crippen LogP contribution is 2.29. The number of nitrogen functional groups attached to an aromatic ring is 1. The van der Waals surface area contributed by atoms with Crippen molar-refractivity contribution in [1.29, 1.82) is 0 Å². The molecule has 0 aliphatic carbocycles. The number of nitrogens with one attached hydrogen (secondary N) is 1. The number of hydrogen-bond acceptors (Lipinski definition) is 4. The third-order valence-corrected chi connectivity index (χ3v) is 2.82. The van der Waals surface area contributed by atoms with Crippen molar-refractivity contribution in [3.05, 3.63) is 24.4 Å². The first-order chi connectivity index (χ1) is 8.27. The second kappa shape index (κ2) is 5.07. The second-order valence-electron chi connectivity index (χ2n) is 3.87. The molecule has 0 fully saturated rings. The number of aromatic nitrogens is 1. The molecule has 0 saturated carbocycles. The van der Waals surface area contributed by atoms with Crippen molar-refractivity contribution in [3.8, 4) is 0 Å². The van der Waals surface area contributed by atoms with Gasteiger partial charge in [0.2, 0.25) is 0 Å². The number of H-pyrrole nitrogens is 1. The molecule has 5 N–H and O–H groups in total. The van der Waals surface area contributed by atoms with Crippen molar-refractivity contribution in [2.24, 2.45) is 0 Å². The Morgan fingerprint density at radius 3 is 2.47 bits per heavy atom. The highest BCUT2D eigenvalue weighted by atomic mass is 16.3. The molecule has 0 aliphatic rings. The van der Waals surface area contributed by atoms with E-state index in [0.717, 1.165) is 22.3 Å². The number of nitrogens with zero attached hydrogens (tertiary/aromatic N) is 1. The Balaban J connectivity index is 2.45. The average molecular weight is 235 g/mol. The van der Waals surface area contributed by atoms with Crippen LogP contribution >= 0.6 is 0 Å². The molecule has 0 saturated heterocycles. The molecular weight excluding hydrogens is 218 g/mol. The molecule has 2 rings (SSSR count). The van der Waals surface area contributed by atoms with E-state index in [1.54, 1.807) is 0 Å².